The molecule has 1 atom stereocenters. The summed E-state index contributed by atoms with van der Waals surface area (Å²) < 4.78 is 0. The molecule has 7 nitrogen and oxygen atoms in total. The number of aromatic amines is 1. The molecule has 0 saturated carbocycles. The Morgan fingerprint density at radius 3 is 2.71 bits per heavy atom. The van der Waals surface area contributed by atoms with Crippen LogP contribution in [0.2, 0.25) is 0 Å². The Kier molecular flexibility index (Phi) is 5.80. The Labute approximate surface area is 146 Å². The topological polar surface area (TPSA) is 104 Å². The van der Waals surface area contributed by atoms with E-state index in [1.54, 1.807) is 11.8 Å². The summed E-state index contributed by atoms with van der Waals surface area (Å²) in [6.45, 7) is 2.99. The van der Waals surface area contributed by atoms with Gasteiger partial charge in [-0.25, -0.2) is 0 Å². The van der Waals surface area contributed by atoms with Gasteiger partial charge in [-0.2, -0.15) is 5.10 Å². The number of likely N-dealkylation sites (tertiary alicyclic amines) is 1. The molecule has 8 heteroatoms. The van der Waals surface area contributed by atoms with Gasteiger partial charge < -0.3 is 16.0 Å². The van der Waals surface area contributed by atoms with Gasteiger partial charge in [-0.05, 0) is 25.8 Å². The molecule has 1 aromatic heterocycles. The van der Waals surface area contributed by atoms with Crippen LogP contribution in [0.15, 0.2) is 24.3 Å². The fourth-order valence-electron chi connectivity index (χ4n) is 2.86. The number of rotatable bonds is 3. The predicted molar refractivity (Wildman–Crippen MR) is 94.1 cm³/mol. The minimum Gasteiger partial charge on any atom is -0.341 e. The van der Waals surface area contributed by atoms with Crippen LogP contribution in [-0.2, 0) is 4.79 Å². The SMILES string of the molecule is CC(NC(=O)c1n[nH]c2ccccc12)C(=O)N1CCC(N)CC1.Cl. The number of piperidine rings is 1. The molecule has 2 heterocycles. The molecule has 0 bridgehead atoms. The minimum absolute atomic E-state index is 0. The lowest BCUT2D eigenvalue weighted by atomic mass is 10.1. The number of carbonyl (C=O) groups excluding carboxylic acids is 2. The third kappa shape index (κ3) is 3.68. The molecule has 1 aliphatic heterocycles. The van der Waals surface area contributed by atoms with E-state index in [4.69, 9.17) is 5.73 Å². The number of hydrogen-bond donors (Lipinski definition) is 3. The van der Waals surface area contributed by atoms with Crippen LogP contribution < -0.4 is 11.1 Å². The second kappa shape index (κ2) is 7.63. The fraction of sp³-hybridized carbons (Fsp3) is 0.438. The largest absolute Gasteiger partial charge is 0.341 e. The number of benzene rings is 1. The molecular weight excluding hydrogens is 330 g/mol. The van der Waals surface area contributed by atoms with Crippen molar-refractivity contribution in [3.05, 3.63) is 30.0 Å². The summed E-state index contributed by atoms with van der Waals surface area (Å²) in [5, 5.41) is 10.4. The Morgan fingerprint density at radius 2 is 2.00 bits per heavy atom. The standard InChI is InChI=1S/C16H21N5O2.ClH/c1-10(16(23)21-8-6-11(17)7-9-21)18-15(22)14-12-4-2-3-5-13(12)19-20-14;/h2-5,10-11H,6-9,17H2,1H3,(H,18,22)(H,19,20);1H. The first-order chi connectivity index (χ1) is 11.1. The zero-order valence-corrected chi connectivity index (χ0v) is 14.3. The van der Waals surface area contributed by atoms with E-state index < -0.39 is 6.04 Å². The molecule has 24 heavy (non-hydrogen) atoms. The van der Waals surface area contributed by atoms with Gasteiger partial charge in [0.15, 0.2) is 5.69 Å². The van der Waals surface area contributed by atoms with E-state index in [9.17, 15) is 9.59 Å². The molecule has 2 aromatic rings. The summed E-state index contributed by atoms with van der Waals surface area (Å²) in [6.07, 6.45) is 1.60. The molecule has 0 aliphatic carbocycles. The average molecular weight is 352 g/mol. The van der Waals surface area contributed by atoms with Gasteiger partial charge in [0.25, 0.3) is 5.91 Å². The number of hydrogen-bond acceptors (Lipinski definition) is 4. The quantitative estimate of drug-likeness (QED) is 0.768. The highest BCUT2D eigenvalue weighted by Crippen LogP contribution is 2.15. The first-order valence-electron chi connectivity index (χ1n) is 7.84. The lowest BCUT2D eigenvalue weighted by Crippen LogP contribution is -2.51. The lowest BCUT2D eigenvalue weighted by Gasteiger charge is -2.32. The molecule has 0 spiro atoms. The van der Waals surface area contributed by atoms with Crippen molar-refractivity contribution in [1.82, 2.24) is 20.4 Å². The molecule has 1 fully saturated rings. The van der Waals surface area contributed by atoms with Crippen LogP contribution in [0.5, 0.6) is 0 Å². The number of nitrogens with one attached hydrogen (secondary N) is 2. The van der Waals surface area contributed by atoms with E-state index in [1.165, 1.54) is 0 Å². The number of nitrogens with two attached hydrogens (primary N) is 1. The average Bonchev–Trinajstić information content (AvgIpc) is 2.99. The van der Waals surface area contributed by atoms with Gasteiger partial charge in [-0.1, -0.05) is 18.2 Å². The van der Waals surface area contributed by atoms with Gasteiger partial charge in [-0.15, -0.1) is 12.4 Å². The van der Waals surface area contributed by atoms with Crippen molar-refractivity contribution in [3.63, 3.8) is 0 Å². The second-order valence-corrected chi connectivity index (χ2v) is 5.98. The molecule has 2 amide bonds. The van der Waals surface area contributed by atoms with E-state index in [-0.39, 0.29) is 30.3 Å². The van der Waals surface area contributed by atoms with E-state index in [2.05, 4.69) is 15.5 Å². The van der Waals surface area contributed by atoms with Gasteiger partial charge in [0.1, 0.15) is 6.04 Å². The fourth-order valence-corrected chi connectivity index (χ4v) is 2.86. The number of amides is 2. The van der Waals surface area contributed by atoms with E-state index in [0.717, 1.165) is 23.7 Å². The van der Waals surface area contributed by atoms with Crippen LogP contribution in [0, 0.1) is 0 Å². The van der Waals surface area contributed by atoms with Crippen molar-refractivity contribution in [3.8, 4) is 0 Å². The molecule has 0 radical (unpaired) electrons. The summed E-state index contributed by atoms with van der Waals surface area (Å²) in [7, 11) is 0. The highest BCUT2D eigenvalue weighted by atomic mass is 35.5. The molecular formula is C16H22ClN5O2. The number of para-hydroxylation sites is 1. The third-order valence-corrected chi connectivity index (χ3v) is 4.25. The van der Waals surface area contributed by atoms with Crippen LogP contribution in [0.4, 0.5) is 0 Å². The number of halogens is 1. The molecule has 4 N–H and O–H groups in total. The highest BCUT2D eigenvalue weighted by Gasteiger charge is 2.26. The second-order valence-electron chi connectivity index (χ2n) is 5.98. The predicted octanol–water partition coefficient (Wildman–Crippen LogP) is 1.05. The number of aromatic nitrogens is 2. The van der Waals surface area contributed by atoms with E-state index in [0.29, 0.717) is 18.8 Å². The first-order valence-corrected chi connectivity index (χ1v) is 7.84. The van der Waals surface area contributed by atoms with Crippen molar-refractivity contribution in [2.24, 2.45) is 5.73 Å². The zero-order valence-electron chi connectivity index (χ0n) is 13.5. The highest BCUT2D eigenvalue weighted by molar-refractivity contribution is 6.05. The molecule has 3 rings (SSSR count). The smallest absolute Gasteiger partial charge is 0.273 e. The van der Waals surface area contributed by atoms with Crippen LogP contribution in [-0.4, -0.2) is 52.1 Å². The summed E-state index contributed by atoms with van der Waals surface area (Å²) >= 11 is 0. The number of nitrogens with zero attached hydrogens (tertiary/aromatic N) is 2. The molecule has 130 valence electrons. The van der Waals surface area contributed by atoms with E-state index >= 15 is 0 Å². The summed E-state index contributed by atoms with van der Waals surface area (Å²) in [5.41, 5.74) is 6.95. The normalized spacial score (nSPS) is 16.5. The van der Waals surface area contributed by atoms with Gasteiger partial charge in [0.2, 0.25) is 5.91 Å². The first kappa shape index (κ1) is 18.2. The number of H-pyrrole nitrogens is 1. The zero-order chi connectivity index (χ0) is 16.4. The molecule has 1 saturated heterocycles. The van der Waals surface area contributed by atoms with Crippen molar-refractivity contribution >= 4 is 35.1 Å². The monoisotopic (exact) mass is 351 g/mol. The van der Waals surface area contributed by atoms with Crippen molar-refractivity contribution in [2.75, 3.05) is 13.1 Å². The maximum Gasteiger partial charge on any atom is 0.273 e. The van der Waals surface area contributed by atoms with Crippen molar-refractivity contribution in [1.29, 1.82) is 0 Å². The summed E-state index contributed by atoms with van der Waals surface area (Å²) in [6, 6.07) is 6.97. The maximum absolute atomic E-state index is 12.4. The summed E-state index contributed by atoms with van der Waals surface area (Å²) in [5.74, 6) is -0.429. The number of fused-ring (bicyclic) bond motifs is 1. The Balaban J connectivity index is 0.00000208. The van der Waals surface area contributed by atoms with Crippen LogP contribution in [0.25, 0.3) is 10.9 Å². The van der Waals surface area contributed by atoms with Gasteiger partial charge >= 0.3 is 0 Å². The van der Waals surface area contributed by atoms with Crippen molar-refractivity contribution < 1.29 is 9.59 Å². The Hall–Kier alpha value is -2.12. The molecule has 1 aromatic carbocycles. The van der Waals surface area contributed by atoms with Crippen LogP contribution >= 0.6 is 12.4 Å². The van der Waals surface area contributed by atoms with Gasteiger partial charge in [-0.3, -0.25) is 14.7 Å². The molecule has 1 aliphatic rings. The Bertz CT molecular complexity index is 724. The summed E-state index contributed by atoms with van der Waals surface area (Å²) in [4.78, 5) is 26.6. The van der Waals surface area contributed by atoms with Crippen LogP contribution in [0.3, 0.4) is 0 Å². The van der Waals surface area contributed by atoms with Crippen LogP contribution in [0.1, 0.15) is 30.3 Å². The lowest BCUT2D eigenvalue weighted by molar-refractivity contribution is -0.133. The molecule has 1 unspecified atom stereocenters. The van der Waals surface area contributed by atoms with Crippen molar-refractivity contribution in [2.45, 2.75) is 31.8 Å². The number of carbonyl (C=O) groups is 2. The third-order valence-electron chi connectivity index (χ3n) is 4.25. The van der Waals surface area contributed by atoms with Gasteiger partial charge in [0, 0.05) is 24.5 Å². The Morgan fingerprint density at radius 1 is 1.33 bits per heavy atom. The van der Waals surface area contributed by atoms with Gasteiger partial charge in [0.05, 0.1) is 5.52 Å². The van der Waals surface area contributed by atoms with E-state index in [1.807, 2.05) is 24.3 Å². The minimum atomic E-state index is -0.590. The maximum atomic E-state index is 12.4.